The first-order valence-corrected chi connectivity index (χ1v) is 7.68. The summed E-state index contributed by atoms with van der Waals surface area (Å²) in [6.07, 6.45) is 2.46. The molecule has 0 aliphatic heterocycles. The molecule has 0 fully saturated rings. The van der Waals surface area contributed by atoms with Crippen LogP contribution < -0.4 is 16.6 Å². The van der Waals surface area contributed by atoms with Crippen molar-refractivity contribution in [3.63, 3.8) is 0 Å². The van der Waals surface area contributed by atoms with Crippen molar-refractivity contribution >= 4 is 23.5 Å². The summed E-state index contributed by atoms with van der Waals surface area (Å²) < 4.78 is 6.40. The number of hydrogen-bond donors (Lipinski definition) is 4. The molecule has 0 unspecified atom stereocenters. The summed E-state index contributed by atoms with van der Waals surface area (Å²) >= 11 is 0. The third kappa shape index (κ3) is 3.55. The smallest absolute Gasteiger partial charge is 0.426 e. The van der Waals surface area contributed by atoms with Gasteiger partial charge < -0.3 is 10.5 Å². The number of nitrogens with one attached hydrogen (secondary N) is 3. The summed E-state index contributed by atoms with van der Waals surface area (Å²) in [6.45, 7) is 5.14. The van der Waals surface area contributed by atoms with Crippen LogP contribution in [0.4, 0.5) is 10.7 Å². The van der Waals surface area contributed by atoms with Crippen molar-refractivity contribution in [2.75, 3.05) is 5.73 Å². The molecule has 0 radical (unpaired) electrons. The van der Waals surface area contributed by atoms with Crippen LogP contribution in [0, 0.1) is 0 Å². The first-order valence-electron chi connectivity index (χ1n) is 7.68. The van der Waals surface area contributed by atoms with Gasteiger partial charge in [-0.15, -0.1) is 5.10 Å². The van der Waals surface area contributed by atoms with Crippen LogP contribution in [0.3, 0.4) is 0 Å². The maximum Gasteiger partial charge on any atom is 0.426 e. The summed E-state index contributed by atoms with van der Waals surface area (Å²) in [6, 6.07) is 3.21. The number of anilines is 1. The van der Waals surface area contributed by atoms with E-state index in [-0.39, 0.29) is 11.6 Å². The molecule has 2 amide bonds. The normalized spacial score (nSPS) is 11.3. The first-order chi connectivity index (χ1) is 12.2. The van der Waals surface area contributed by atoms with Crippen LogP contribution in [0.2, 0.25) is 0 Å². The van der Waals surface area contributed by atoms with Gasteiger partial charge in [0.05, 0.1) is 11.7 Å². The largest absolute Gasteiger partial charge is 0.443 e. The summed E-state index contributed by atoms with van der Waals surface area (Å²) in [7, 11) is 0. The molecule has 3 aromatic heterocycles. The molecular weight excluding hydrogens is 340 g/mol. The standard InChI is InChI=1S/C15H18N8O3/c1-15(2,3)26-14(25)21-20-12(24)10-5-4-9-11(8-6-17-18-7-8)19-13(16)22-23(9)10/h4-7H,1-3H3,(H2,16,22)(H,17,18)(H,20,24)(H,21,25). The number of hydrazine groups is 1. The highest BCUT2D eigenvalue weighted by Crippen LogP contribution is 2.23. The minimum absolute atomic E-state index is 0.0148. The number of H-pyrrole nitrogens is 1. The van der Waals surface area contributed by atoms with Gasteiger partial charge in [0.2, 0.25) is 5.95 Å². The van der Waals surface area contributed by atoms with Gasteiger partial charge in [-0.1, -0.05) is 0 Å². The number of ether oxygens (including phenoxy) is 1. The summed E-state index contributed by atoms with van der Waals surface area (Å²) in [5, 5.41) is 10.6. The lowest BCUT2D eigenvalue weighted by Crippen LogP contribution is -2.44. The quantitative estimate of drug-likeness (QED) is 0.496. The van der Waals surface area contributed by atoms with E-state index in [4.69, 9.17) is 10.5 Å². The molecule has 26 heavy (non-hydrogen) atoms. The van der Waals surface area contributed by atoms with Crippen LogP contribution in [-0.2, 0) is 4.74 Å². The topological polar surface area (TPSA) is 152 Å². The number of carbonyl (C=O) groups is 2. The van der Waals surface area contributed by atoms with Crippen LogP contribution in [-0.4, -0.2) is 42.4 Å². The number of nitrogens with two attached hydrogens (primary N) is 1. The lowest BCUT2D eigenvalue weighted by molar-refractivity contribution is 0.0482. The highest BCUT2D eigenvalue weighted by atomic mass is 16.6. The zero-order chi connectivity index (χ0) is 18.9. The molecule has 0 aliphatic rings. The van der Waals surface area contributed by atoms with E-state index in [1.165, 1.54) is 4.52 Å². The number of hydrogen-bond acceptors (Lipinski definition) is 7. The molecule has 136 valence electrons. The molecule has 11 nitrogen and oxygen atoms in total. The molecular formula is C15H18N8O3. The number of rotatable bonds is 2. The Morgan fingerprint density at radius 3 is 2.69 bits per heavy atom. The Bertz CT molecular complexity index is 955. The first kappa shape index (κ1) is 17.2. The Balaban J connectivity index is 1.85. The van der Waals surface area contributed by atoms with E-state index in [1.807, 2.05) is 0 Å². The number of amides is 2. The van der Waals surface area contributed by atoms with Crippen LogP contribution in [0.25, 0.3) is 16.8 Å². The van der Waals surface area contributed by atoms with E-state index < -0.39 is 17.6 Å². The Hall–Kier alpha value is -3.63. The molecule has 5 N–H and O–H groups in total. The number of nitrogens with zero attached hydrogens (tertiary/aromatic N) is 4. The van der Waals surface area contributed by atoms with Gasteiger partial charge in [-0.2, -0.15) is 5.10 Å². The average Bonchev–Trinajstić information content (AvgIpc) is 3.19. The molecule has 3 aromatic rings. The van der Waals surface area contributed by atoms with Gasteiger partial charge in [-0.05, 0) is 32.9 Å². The predicted octanol–water partition coefficient (Wildman–Crippen LogP) is 0.871. The molecule has 0 saturated heterocycles. The van der Waals surface area contributed by atoms with Gasteiger partial charge in [0.25, 0.3) is 5.91 Å². The Morgan fingerprint density at radius 1 is 1.27 bits per heavy atom. The molecule has 11 heteroatoms. The predicted molar refractivity (Wildman–Crippen MR) is 91.8 cm³/mol. The Kier molecular flexibility index (Phi) is 4.20. The molecule has 0 bridgehead atoms. The lowest BCUT2D eigenvalue weighted by atomic mass is 10.2. The minimum atomic E-state index is -0.778. The molecule has 3 rings (SSSR count). The van der Waals surface area contributed by atoms with E-state index >= 15 is 0 Å². The van der Waals surface area contributed by atoms with Crippen molar-refractivity contribution in [2.45, 2.75) is 26.4 Å². The van der Waals surface area contributed by atoms with Crippen molar-refractivity contribution in [2.24, 2.45) is 0 Å². The number of nitrogen functional groups attached to an aromatic ring is 1. The summed E-state index contributed by atoms with van der Waals surface area (Å²) in [4.78, 5) is 28.2. The van der Waals surface area contributed by atoms with Crippen LogP contribution in [0.1, 0.15) is 31.3 Å². The van der Waals surface area contributed by atoms with Gasteiger partial charge in [0.15, 0.2) is 0 Å². The highest BCUT2D eigenvalue weighted by molar-refractivity contribution is 5.95. The maximum absolute atomic E-state index is 12.4. The molecule has 0 aromatic carbocycles. The van der Waals surface area contributed by atoms with Crippen molar-refractivity contribution < 1.29 is 14.3 Å². The number of carbonyl (C=O) groups excluding carboxylic acids is 2. The summed E-state index contributed by atoms with van der Waals surface area (Å²) in [5.41, 5.74) is 11.5. The van der Waals surface area contributed by atoms with Gasteiger partial charge in [-0.25, -0.2) is 19.7 Å². The Morgan fingerprint density at radius 2 is 2.04 bits per heavy atom. The summed E-state index contributed by atoms with van der Waals surface area (Å²) in [5.74, 6) is -0.605. The second kappa shape index (κ2) is 6.35. The van der Waals surface area contributed by atoms with Crippen molar-refractivity contribution in [3.05, 3.63) is 30.2 Å². The van der Waals surface area contributed by atoms with Crippen LogP contribution >= 0.6 is 0 Å². The highest BCUT2D eigenvalue weighted by Gasteiger charge is 2.19. The number of fused-ring (bicyclic) bond motifs is 1. The third-order valence-electron chi connectivity index (χ3n) is 3.21. The van der Waals surface area contributed by atoms with Gasteiger partial charge >= 0.3 is 6.09 Å². The maximum atomic E-state index is 12.4. The lowest BCUT2D eigenvalue weighted by Gasteiger charge is -2.19. The third-order valence-corrected chi connectivity index (χ3v) is 3.21. The monoisotopic (exact) mass is 358 g/mol. The van der Waals surface area contributed by atoms with E-state index in [0.717, 1.165) is 0 Å². The molecule has 0 aliphatic carbocycles. The van der Waals surface area contributed by atoms with Crippen molar-refractivity contribution in [1.82, 2.24) is 35.6 Å². The van der Waals surface area contributed by atoms with Crippen molar-refractivity contribution in [1.29, 1.82) is 0 Å². The number of aromatic amines is 1. The van der Waals surface area contributed by atoms with E-state index in [0.29, 0.717) is 16.8 Å². The van der Waals surface area contributed by atoms with E-state index in [1.54, 1.807) is 45.3 Å². The number of aromatic nitrogens is 5. The second-order valence-electron chi connectivity index (χ2n) is 6.40. The van der Waals surface area contributed by atoms with Gasteiger partial charge in [0, 0.05) is 11.8 Å². The molecule has 0 spiro atoms. The second-order valence-corrected chi connectivity index (χ2v) is 6.40. The zero-order valence-electron chi connectivity index (χ0n) is 14.4. The van der Waals surface area contributed by atoms with Crippen LogP contribution in [0.5, 0.6) is 0 Å². The fourth-order valence-electron chi connectivity index (χ4n) is 2.25. The zero-order valence-corrected chi connectivity index (χ0v) is 14.4. The van der Waals surface area contributed by atoms with E-state index in [9.17, 15) is 9.59 Å². The van der Waals surface area contributed by atoms with Crippen LogP contribution in [0.15, 0.2) is 24.5 Å². The molecule has 0 atom stereocenters. The van der Waals surface area contributed by atoms with Gasteiger partial charge in [0.1, 0.15) is 17.0 Å². The fraction of sp³-hybridized carbons (Fsp3) is 0.267. The minimum Gasteiger partial charge on any atom is -0.443 e. The van der Waals surface area contributed by atoms with E-state index in [2.05, 4.69) is 31.1 Å². The van der Waals surface area contributed by atoms with Gasteiger partial charge in [-0.3, -0.25) is 15.3 Å². The SMILES string of the molecule is CC(C)(C)OC(=O)NNC(=O)c1ccc2c(-c3cn[nH]c3)nc(N)nn12. The van der Waals surface area contributed by atoms with Crippen molar-refractivity contribution in [3.8, 4) is 11.3 Å². The average molecular weight is 358 g/mol. The molecule has 3 heterocycles. The molecule has 0 saturated carbocycles. The fourth-order valence-corrected chi connectivity index (χ4v) is 2.25. The Labute approximate surface area is 147 Å².